The molecule has 184 valence electrons. The van der Waals surface area contributed by atoms with E-state index in [-0.39, 0.29) is 34.0 Å². The van der Waals surface area contributed by atoms with Crippen LogP contribution >= 0.6 is 0 Å². The van der Waals surface area contributed by atoms with Gasteiger partial charge in [-0.1, -0.05) is 6.92 Å². The van der Waals surface area contributed by atoms with Gasteiger partial charge in [0.05, 0.1) is 11.4 Å². The molecule has 0 aliphatic heterocycles. The Labute approximate surface area is 195 Å². The number of hydrogen-bond acceptors (Lipinski definition) is 5. The Morgan fingerprint density at radius 2 is 2.03 bits per heavy atom. The van der Waals surface area contributed by atoms with Gasteiger partial charge in [0.25, 0.3) is 10.9 Å². The minimum absolute atomic E-state index is 0.0189. The molecule has 1 unspecified atom stereocenters. The predicted molar refractivity (Wildman–Crippen MR) is 117 cm³/mol. The first kappa shape index (κ1) is 23.1. The fraction of sp³-hybridized carbons (Fsp3) is 0.591. The van der Waals surface area contributed by atoms with Gasteiger partial charge in [-0.2, -0.15) is 23.0 Å². The number of hydrogen-bond donors (Lipinski definition) is 2. The number of halogens is 3. The second-order valence-electron chi connectivity index (χ2n) is 10.6. The van der Waals surface area contributed by atoms with Crippen LogP contribution in [0.15, 0.2) is 23.4 Å². The van der Waals surface area contributed by atoms with E-state index in [0.717, 1.165) is 44.2 Å². The van der Waals surface area contributed by atoms with E-state index < -0.39 is 38.1 Å². The number of amides is 1. The lowest BCUT2D eigenvalue weighted by Gasteiger charge is -2.46. The summed E-state index contributed by atoms with van der Waals surface area (Å²) in [5.41, 5.74) is -1.56. The maximum Gasteiger partial charge on any atom is 0.420 e. The van der Waals surface area contributed by atoms with E-state index in [9.17, 15) is 27.4 Å². The zero-order valence-corrected chi connectivity index (χ0v) is 19.7. The van der Waals surface area contributed by atoms with E-state index in [2.05, 4.69) is 10.4 Å². The van der Waals surface area contributed by atoms with Crippen molar-refractivity contribution >= 4 is 21.3 Å². The third-order valence-corrected chi connectivity index (χ3v) is 8.17. The molecule has 8 nitrogen and oxygen atoms in total. The van der Waals surface area contributed by atoms with Crippen LogP contribution in [-0.2, 0) is 22.5 Å². The Bertz CT molecular complexity index is 1290. The fourth-order valence-corrected chi connectivity index (χ4v) is 6.28. The molecule has 3 saturated carbocycles. The van der Waals surface area contributed by atoms with Crippen LogP contribution in [0, 0.1) is 20.8 Å². The molecule has 3 aliphatic rings. The van der Waals surface area contributed by atoms with Crippen LogP contribution in [0.25, 0.3) is 0 Å². The summed E-state index contributed by atoms with van der Waals surface area (Å²) in [6, 6.07) is 2.25. The average molecular weight is 498 g/mol. The fourth-order valence-electron chi connectivity index (χ4n) is 5.53. The molecule has 0 bridgehead atoms. The number of pyridine rings is 1. The molecule has 12 heteroatoms. The van der Waals surface area contributed by atoms with E-state index in [1.54, 1.807) is 0 Å². The molecule has 1 atom stereocenters. The van der Waals surface area contributed by atoms with E-state index in [4.69, 9.17) is 4.78 Å². The molecule has 0 radical (unpaired) electrons. The monoisotopic (exact) mass is 497 g/mol. The highest BCUT2D eigenvalue weighted by Crippen LogP contribution is 2.69. The molecular weight excluding hydrogens is 471 g/mol. The second kappa shape index (κ2) is 7.19. The van der Waals surface area contributed by atoms with Gasteiger partial charge in [-0.25, -0.2) is 8.99 Å². The highest BCUT2D eigenvalue weighted by molar-refractivity contribution is 7.91. The Kier molecular flexibility index (Phi) is 4.89. The maximum absolute atomic E-state index is 14.2. The van der Waals surface area contributed by atoms with Crippen molar-refractivity contribution in [2.75, 3.05) is 11.6 Å². The molecule has 0 aromatic carbocycles. The Hall–Kier alpha value is -2.63. The quantitative estimate of drug-likeness (QED) is 0.458. The topological polar surface area (TPSA) is 115 Å². The van der Waals surface area contributed by atoms with Gasteiger partial charge in [0.15, 0.2) is 6.20 Å². The SMILES string of the molecule is CC1(Cn2nc(C3CC3)c(C(F)(F)F)c2C(=O)Nc2cc[n+]([O-])c(S(C)(=N)=O)c2)CC2(CC2)C1. The highest BCUT2D eigenvalue weighted by Gasteiger charge is 2.59. The summed E-state index contributed by atoms with van der Waals surface area (Å²) in [6.45, 7) is 2.23. The Balaban J connectivity index is 1.53. The third-order valence-electron chi connectivity index (χ3n) is 7.08. The van der Waals surface area contributed by atoms with Gasteiger partial charge in [0.1, 0.15) is 21.0 Å². The number of carbonyl (C=O) groups is 1. The number of nitrogens with one attached hydrogen (secondary N) is 2. The van der Waals surface area contributed by atoms with E-state index in [0.29, 0.717) is 18.3 Å². The zero-order valence-electron chi connectivity index (χ0n) is 18.9. The number of aromatic nitrogens is 3. The van der Waals surface area contributed by atoms with Crippen molar-refractivity contribution in [3.63, 3.8) is 0 Å². The van der Waals surface area contributed by atoms with Crippen LogP contribution in [0.2, 0.25) is 0 Å². The summed E-state index contributed by atoms with van der Waals surface area (Å²) >= 11 is 0. The van der Waals surface area contributed by atoms with Crippen LogP contribution in [0.3, 0.4) is 0 Å². The van der Waals surface area contributed by atoms with Gasteiger partial charge in [-0.15, -0.1) is 0 Å². The van der Waals surface area contributed by atoms with E-state index in [1.165, 1.54) is 10.7 Å². The second-order valence-corrected chi connectivity index (χ2v) is 12.7. The lowest BCUT2D eigenvalue weighted by atomic mass is 9.60. The molecule has 2 aromatic rings. The van der Waals surface area contributed by atoms with Crippen LogP contribution in [0.1, 0.15) is 73.1 Å². The Morgan fingerprint density at radius 1 is 1.38 bits per heavy atom. The first-order valence-electron chi connectivity index (χ1n) is 11.2. The standard InChI is InChI=1S/C22H26F3N5O3S/c1-20(10-21(11-20)6-7-21)12-29-18(16(22(23,24)25)17(28-29)13-3-4-13)19(31)27-14-5-8-30(32)15(9-14)34(2,26)33/h5,8-9,13,26H,3-4,6-7,10-12H2,1-2H3,(H,27,31). The summed E-state index contributed by atoms with van der Waals surface area (Å²) in [7, 11) is -3.42. The van der Waals surface area contributed by atoms with Gasteiger partial charge in [0.2, 0.25) is 0 Å². The minimum Gasteiger partial charge on any atom is -0.618 e. The Morgan fingerprint density at radius 3 is 2.56 bits per heavy atom. The van der Waals surface area contributed by atoms with Gasteiger partial charge in [0, 0.05) is 30.9 Å². The van der Waals surface area contributed by atoms with Gasteiger partial charge < -0.3 is 10.5 Å². The summed E-state index contributed by atoms with van der Waals surface area (Å²) in [5, 5.41) is 18.2. The van der Waals surface area contributed by atoms with E-state index >= 15 is 0 Å². The minimum atomic E-state index is -4.76. The lowest BCUT2D eigenvalue weighted by molar-refractivity contribution is -0.646. The molecule has 2 aromatic heterocycles. The molecule has 0 saturated heterocycles. The smallest absolute Gasteiger partial charge is 0.420 e. The first-order chi connectivity index (χ1) is 15.7. The predicted octanol–water partition coefficient (Wildman–Crippen LogP) is 4.28. The number of rotatable bonds is 6. The maximum atomic E-state index is 14.2. The molecule has 2 heterocycles. The van der Waals surface area contributed by atoms with Crippen molar-refractivity contribution < 1.29 is 26.9 Å². The molecule has 1 amide bonds. The summed E-state index contributed by atoms with van der Waals surface area (Å²) < 4.78 is 63.8. The molecule has 34 heavy (non-hydrogen) atoms. The number of alkyl halides is 3. The van der Waals surface area contributed by atoms with Crippen molar-refractivity contribution in [2.24, 2.45) is 10.8 Å². The first-order valence-corrected chi connectivity index (χ1v) is 13.1. The summed E-state index contributed by atoms with van der Waals surface area (Å²) in [4.78, 5) is 13.3. The molecule has 2 N–H and O–H groups in total. The van der Waals surface area contributed by atoms with E-state index in [1.807, 2.05) is 6.92 Å². The van der Waals surface area contributed by atoms with Gasteiger partial charge in [-0.3, -0.25) is 9.48 Å². The normalized spacial score (nSPS) is 22.1. The van der Waals surface area contributed by atoms with Crippen LogP contribution in [0.4, 0.5) is 18.9 Å². The van der Waals surface area contributed by atoms with Crippen LogP contribution in [-0.4, -0.2) is 26.2 Å². The highest BCUT2D eigenvalue weighted by atomic mass is 32.2. The molecule has 1 spiro atoms. The number of anilines is 1. The van der Waals surface area contributed by atoms with Crippen LogP contribution < -0.4 is 10.0 Å². The molecule has 3 aliphatic carbocycles. The van der Waals surface area contributed by atoms with Crippen molar-refractivity contribution in [1.29, 1.82) is 4.78 Å². The number of nitrogens with zero attached hydrogens (tertiary/aromatic N) is 3. The van der Waals surface area contributed by atoms with Gasteiger partial charge in [-0.05, 0) is 49.4 Å². The average Bonchev–Trinajstić information content (AvgIpc) is 3.60. The third kappa shape index (κ3) is 4.16. The summed E-state index contributed by atoms with van der Waals surface area (Å²) in [6.07, 6.45) is 2.54. The number of carbonyl (C=O) groups excluding carboxylic acids is 1. The van der Waals surface area contributed by atoms with Crippen molar-refractivity contribution in [3.05, 3.63) is 40.5 Å². The largest absolute Gasteiger partial charge is 0.618 e. The van der Waals surface area contributed by atoms with Crippen molar-refractivity contribution in [3.8, 4) is 0 Å². The van der Waals surface area contributed by atoms with Crippen molar-refractivity contribution in [2.45, 2.75) is 69.1 Å². The molecular formula is C22H26F3N5O3S. The molecule has 3 fully saturated rings. The molecule has 5 rings (SSSR count). The lowest BCUT2D eigenvalue weighted by Crippen LogP contribution is -2.40. The van der Waals surface area contributed by atoms with Crippen LogP contribution in [0.5, 0.6) is 0 Å². The summed E-state index contributed by atoms with van der Waals surface area (Å²) in [5.74, 6) is -1.32. The van der Waals surface area contributed by atoms with Crippen molar-refractivity contribution in [1.82, 2.24) is 9.78 Å². The van der Waals surface area contributed by atoms with Gasteiger partial charge >= 0.3 is 6.18 Å². The zero-order chi connectivity index (χ0) is 24.7.